The first-order valence-corrected chi connectivity index (χ1v) is 7.72. The summed E-state index contributed by atoms with van der Waals surface area (Å²) >= 11 is 0. The van der Waals surface area contributed by atoms with Crippen molar-refractivity contribution in [1.29, 1.82) is 0 Å². The van der Waals surface area contributed by atoms with Crippen LogP contribution in [0.4, 0.5) is 28.0 Å². The molecule has 0 bridgehead atoms. The Morgan fingerprint density at radius 2 is 2.19 bits per heavy atom. The van der Waals surface area contributed by atoms with Crippen LogP contribution in [0.25, 0.3) is 0 Å². The molecule has 26 heavy (non-hydrogen) atoms. The number of aliphatic carboxylic acids is 1. The summed E-state index contributed by atoms with van der Waals surface area (Å²) in [4.78, 5) is 28.2. The molecule has 144 valence electrons. The number of hydrogen-bond acceptors (Lipinski definition) is 4. The Kier molecular flexibility index (Phi) is 6.22. The number of alkyl halides is 4. The van der Waals surface area contributed by atoms with Crippen molar-refractivity contribution in [3.8, 4) is 5.88 Å². The molecule has 0 saturated carbocycles. The number of halogens is 4. The van der Waals surface area contributed by atoms with Gasteiger partial charge in [0.2, 0.25) is 5.88 Å². The van der Waals surface area contributed by atoms with Crippen LogP contribution in [-0.4, -0.2) is 59.0 Å². The van der Waals surface area contributed by atoms with E-state index in [1.54, 1.807) is 0 Å². The van der Waals surface area contributed by atoms with Gasteiger partial charge in [0.15, 0.2) is 6.61 Å². The maximum Gasteiger partial charge on any atom is 0.340 e. The molecule has 0 radical (unpaired) electrons. The number of carboxylic acids is 1. The van der Waals surface area contributed by atoms with E-state index in [-0.39, 0.29) is 18.1 Å². The number of carbonyl (C=O) groups is 2. The average molecular weight is 379 g/mol. The molecule has 2 N–H and O–H groups in total. The van der Waals surface area contributed by atoms with Gasteiger partial charge in [-0.3, -0.25) is 4.79 Å². The van der Waals surface area contributed by atoms with E-state index in [1.807, 2.05) is 0 Å². The Morgan fingerprint density at radius 3 is 2.85 bits per heavy atom. The summed E-state index contributed by atoms with van der Waals surface area (Å²) in [5, 5.41) is 11.5. The minimum Gasteiger partial charge on any atom is -0.481 e. The van der Waals surface area contributed by atoms with Crippen LogP contribution < -0.4 is 10.1 Å². The molecular formula is C15H17F4N3O4. The molecule has 1 aromatic heterocycles. The molecule has 2 heterocycles. The third-order valence-electron chi connectivity index (χ3n) is 3.78. The smallest absolute Gasteiger partial charge is 0.340 e. The second kappa shape index (κ2) is 8.19. The Morgan fingerprint density at radius 1 is 1.46 bits per heavy atom. The summed E-state index contributed by atoms with van der Waals surface area (Å²) in [6.45, 7) is -1.12. The van der Waals surface area contributed by atoms with E-state index < -0.39 is 36.9 Å². The van der Waals surface area contributed by atoms with Gasteiger partial charge < -0.3 is 20.1 Å². The number of nitrogens with one attached hydrogen (secondary N) is 1. The van der Waals surface area contributed by atoms with Crippen LogP contribution in [-0.2, 0) is 4.79 Å². The van der Waals surface area contributed by atoms with Crippen LogP contribution >= 0.6 is 0 Å². The lowest BCUT2D eigenvalue weighted by atomic mass is 9.99. The summed E-state index contributed by atoms with van der Waals surface area (Å²) in [5.74, 6) is -6.31. The molecule has 0 aromatic carbocycles. The third-order valence-corrected chi connectivity index (χ3v) is 3.78. The minimum atomic E-state index is -4.32. The number of hydrogen-bond donors (Lipinski definition) is 2. The van der Waals surface area contributed by atoms with Crippen LogP contribution in [0.1, 0.15) is 12.8 Å². The third kappa shape index (κ3) is 5.20. The molecule has 1 unspecified atom stereocenters. The van der Waals surface area contributed by atoms with Gasteiger partial charge in [-0.05, 0) is 18.9 Å². The lowest BCUT2D eigenvalue weighted by molar-refractivity contribution is -0.148. The number of carboxylic acid groups (broad SMARTS) is 1. The zero-order valence-corrected chi connectivity index (χ0v) is 13.5. The highest BCUT2D eigenvalue weighted by molar-refractivity contribution is 5.89. The number of carbonyl (C=O) groups excluding carboxylic acids is 1. The summed E-state index contributed by atoms with van der Waals surface area (Å²) in [6.07, 6.45) is -1.70. The van der Waals surface area contributed by atoms with E-state index >= 15 is 0 Å². The topological polar surface area (TPSA) is 91.8 Å². The van der Waals surface area contributed by atoms with Crippen molar-refractivity contribution < 1.29 is 37.0 Å². The van der Waals surface area contributed by atoms with Gasteiger partial charge in [0.1, 0.15) is 0 Å². The predicted molar refractivity (Wildman–Crippen MR) is 81.6 cm³/mol. The first kappa shape index (κ1) is 19.7. The molecule has 0 spiro atoms. The van der Waals surface area contributed by atoms with E-state index in [4.69, 9.17) is 5.11 Å². The van der Waals surface area contributed by atoms with E-state index in [9.17, 15) is 27.2 Å². The fourth-order valence-electron chi connectivity index (χ4n) is 2.36. The van der Waals surface area contributed by atoms with Crippen molar-refractivity contribution in [1.82, 2.24) is 9.88 Å². The van der Waals surface area contributed by atoms with Gasteiger partial charge in [-0.2, -0.15) is 8.78 Å². The number of rotatable bonds is 6. The van der Waals surface area contributed by atoms with E-state index in [0.717, 1.165) is 12.3 Å². The first-order chi connectivity index (χ1) is 12.2. The van der Waals surface area contributed by atoms with Crippen LogP contribution in [0.2, 0.25) is 0 Å². The van der Waals surface area contributed by atoms with Gasteiger partial charge in [0, 0.05) is 31.0 Å². The van der Waals surface area contributed by atoms with Gasteiger partial charge in [-0.25, -0.2) is 18.6 Å². The summed E-state index contributed by atoms with van der Waals surface area (Å²) in [7, 11) is 0. The SMILES string of the molecule is O=C(O)C1CCCN(C(=O)Nc2ccnc(OCC(F)(F)C(F)F)c2)C1. The fourth-order valence-corrected chi connectivity index (χ4v) is 2.36. The highest BCUT2D eigenvalue weighted by Crippen LogP contribution is 2.24. The van der Waals surface area contributed by atoms with Crippen molar-refractivity contribution in [2.75, 3.05) is 25.0 Å². The predicted octanol–water partition coefficient (Wildman–Crippen LogP) is 2.69. The number of aromatic nitrogens is 1. The quantitative estimate of drug-likeness (QED) is 0.742. The molecule has 1 aromatic rings. The maximum absolute atomic E-state index is 12.9. The van der Waals surface area contributed by atoms with Crippen molar-refractivity contribution in [3.05, 3.63) is 18.3 Å². The number of piperidine rings is 1. The van der Waals surface area contributed by atoms with Gasteiger partial charge in [-0.15, -0.1) is 0 Å². The Bertz CT molecular complexity index is 660. The first-order valence-electron chi connectivity index (χ1n) is 7.72. The van der Waals surface area contributed by atoms with E-state index in [2.05, 4.69) is 15.0 Å². The largest absolute Gasteiger partial charge is 0.481 e. The number of amides is 2. The fraction of sp³-hybridized carbons (Fsp3) is 0.533. The van der Waals surface area contributed by atoms with Crippen molar-refractivity contribution in [2.45, 2.75) is 25.2 Å². The number of pyridine rings is 1. The lowest BCUT2D eigenvalue weighted by Crippen LogP contribution is -2.44. The molecule has 11 heteroatoms. The highest BCUT2D eigenvalue weighted by atomic mass is 19.3. The molecule has 1 aliphatic rings. The van der Waals surface area contributed by atoms with Gasteiger partial charge in [0.25, 0.3) is 0 Å². The Balaban J connectivity index is 1.95. The number of anilines is 1. The normalized spacial score (nSPS) is 17.9. The average Bonchev–Trinajstić information content (AvgIpc) is 2.60. The van der Waals surface area contributed by atoms with Crippen LogP contribution in [0.15, 0.2) is 18.3 Å². The van der Waals surface area contributed by atoms with Crippen LogP contribution in [0, 0.1) is 5.92 Å². The molecule has 1 fully saturated rings. The number of nitrogens with zero attached hydrogens (tertiary/aromatic N) is 2. The van der Waals surface area contributed by atoms with Crippen LogP contribution in [0.5, 0.6) is 5.88 Å². The Labute approximate surface area is 145 Å². The number of ether oxygens (including phenoxy) is 1. The van der Waals surface area contributed by atoms with Crippen molar-refractivity contribution >= 4 is 17.7 Å². The molecule has 0 aliphatic carbocycles. The van der Waals surface area contributed by atoms with Gasteiger partial charge >= 0.3 is 24.3 Å². The minimum absolute atomic E-state index is 0.0518. The monoisotopic (exact) mass is 379 g/mol. The van der Waals surface area contributed by atoms with Gasteiger partial charge in [-0.1, -0.05) is 0 Å². The van der Waals surface area contributed by atoms with E-state index in [0.29, 0.717) is 19.4 Å². The van der Waals surface area contributed by atoms with Crippen LogP contribution in [0.3, 0.4) is 0 Å². The molecule has 1 aliphatic heterocycles. The zero-order chi connectivity index (χ0) is 19.3. The van der Waals surface area contributed by atoms with Gasteiger partial charge in [0.05, 0.1) is 5.92 Å². The lowest BCUT2D eigenvalue weighted by Gasteiger charge is -2.30. The van der Waals surface area contributed by atoms with Crippen molar-refractivity contribution in [2.24, 2.45) is 5.92 Å². The molecular weight excluding hydrogens is 362 g/mol. The molecule has 1 atom stereocenters. The summed E-state index contributed by atoms with van der Waals surface area (Å²) in [6, 6.07) is 1.90. The molecule has 1 saturated heterocycles. The standard InChI is InChI=1S/C15H17F4N3O4/c16-13(17)15(18,19)8-26-11-6-10(3-4-20-11)21-14(25)22-5-1-2-9(7-22)12(23)24/h3-4,6,9,13H,1-2,5,7-8H2,(H,23,24)(H,20,21,25). The second-order valence-corrected chi connectivity index (χ2v) is 5.79. The molecule has 7 nitrogen and oxygen atoms in total. The van der Waals surface area contributed by atoms with Crippen molar-refractivity contribution in [3.63, 3.8) is 0 Å². The summed E-state index contributed by atoms with van der Waals surface area (Å²) in [5.41, 5.74) is 0.151. The maximum atomic E-state index is 12.9. The Hall–Kier alpha value is -2.59. The molecule has 2 rings (SSSR count). The second-order valence-electron chi connectivity index (χ2n) is 5.79. The summed E-state index contributed by atoms with van der Waals surface area (Å²) < 4.78 is 54.5. The number of likely N-dealkylation sites (tertiary alicyclic amines) is 1. The number of urea groups is 1. The highest BCUT2D eigenvalue weighted by Gasteiger charge is 2.41. The van der Waals surface area contributed by atoms with E-state index in [1.165, 1.54) is 11.0 Å². The molecule has 2 amide bonds. The zero-order valence-electron chi connectivity index (χ0n) is 13.5.